The molecular weight excluding hydrogens is 296 g/mol. The summed E-state index contributed by atoms with van der Waals surface area (Å²) in [5.74, 6) is -1.44. The van der Waals surface area contributed by atoms with Gasteiger partial charge in [-0.15, -0.1) is 0 Å². The van der Waals surface area contributed by atoms with Gasteiger partial charge in [0.1, 0.15) is 5.54 Å². The minimum Gasteiger partial charge on any atom is -0.479 e. The van der Waals surface area contributed by atoms with Crippen LogP contribution in [-0.2, 0) is 9.59 Å². The number of hydrogen-bond acceptors (Lipinski definition) is 3. The lowest BCUT2D eigenvalue weighted by Gasteiger charge is -2.41. The smallest absolute Gasteiger partial charge is 0.329 e. The normalized spacial score (nSPS) is 16.4. The molecule has 1 aliphatic rings. The van der Waals surface area contributed by atoms with E-state index in [2.05, 4.69) is 5.32 Å². The summed E-state index contributed by atoms with van der Waals surface area (Å²) in [6.45, 7) is 1.41. The van der Waals surface area contributed by atoms with Crippen molar-refractivity contribution in [1.29, 1.82) is 0 Å². The van der Waals surface area contributed by atoms with Gasteiger partial charge in [-0.2, -0.15) is 0 Å². The van der Waals surface area contributed by atoms with E-state index >= 15 is 0 Å². The Bertz CT molecular complexity index is 604. The van der Waals surface area contributed by atoms with Crippen LogP contribution in [-0.4, -0.2) is 40.4 Å². The topological polar surface area (TPSA) is 86.7 Å². The maximum atomic E-state index is 12.7. The van der Waals surface area contributed by atoms with E-state index in [4.69, 9.17) is 0 Å². The van der Waals surface area contributed by atoms with Gasteiger partial charge in [-0.3, -0.25) is 9.59 Å². The van der Waals surface area contributed by atoms with Crippen LogP contribution in [0, 0.1) is 0 Å². The Morgan fingerprint density at radius 2 is 1.65 bits per heavy atom. The van der Waals surface area contributed by atoms with Crippen molar-refractivity contribution in [3.05, 3.63) is 29.8 Å². The second kappa shape index (κ2) is 6.81. The Morgan fingerprint density at radius 1 is 1.09 bits per heavy atom. The number of carboxylic acid groups (broad SMARTS) is 1. The highest BCUT2D eigenvalue weighted by atomic mass is 16.4. The second-order valence-electron chi connectivity index (χ2n) is 6.02. The van der Waals surface area contributed by atoms with Crippen LogP contribution >= 0.6 is 0 Å². The maximum absolute atomic E-state index is 12.7. The number of amides is 2. The number of carbonyl (C=O) groups excluding carboxylic acids is 2. The van der Waals surface area contributed by atoms with E-state index in [1.54, 1.807) is 31.3 Å². The molecule has 23 heavy (non-hydrogen) atoms. The largest absolute Gasteiger partial charge is 0.479 e. The van der Waals surface area contributed by atoms with Gasteiger partial charge in [0, 0.05) is 25.2 Å². The Labute approximate surface area is 135 Å². The monoisotopic (exact) mass is 318 g/mol. The highest BCUT2D eigenvalue weighted by molar-refractivity contribution is 5.98. The van der Waals surface area contributed by atoms with Crippen LogP contribution in [0.2, 0.25) is 0 Å². The van der Waals surface area contributed by atoms with Crippen molar-refractivity contribution < 1.29 is 19.5 Å². The van der Waals surface area contributed by atoms with Gasteiger partial charge in [-0.05, 0) is 37.1 Å². The molecule has 1 aliphatic carbocycles. The van der Waals surface area contributed by atoms with Crippen molar-refractivity contribution >= 4 is 23.5 Å². The lowest BCUT2D eigenvalue weighted by molar-refractivity contribution is -0.151. The van der Waals surface area contributed by atoms with Crippen molar-refractivity contribution in [3.63, 3.8) is 0 Å². The van der Waals surface area contributed by atoms with Crippen LogP contribution < -0.4 is 5.32 Å². The van der Waals surface area contributed by atoms with Gasteiger partial charge < -0.3 is 15.3 Å². The summed E-state index contributed by atoms with van der Waals surface area (Å²) >= 11 is 0. The van der Waals surface area contributed by atoms with Crippen molar-refractivity contribution in [2.75, 3.05) is 12.4 Å². The SMILES string of the molecule is CC(=O)Nc1ccc(C(=O)N(C)C2(C(=O)O)CCCCC2)cc1. The molecule has 2 rings (SSSR count). The molecule has 2 N–H and O–H groups in total. The number of aliphatic carboxylic acids is 1. The van der Waals surface area contributed by atoms with E-state index in [1.807, 2.05) is 0 Å². The zero-order chi connectivity index (χ0) is 17.0. The fraction of sp³-hybridized carbons (Fsp3) is 0.471. The molecule has 6 heteroatoms. The van der Waals surface area contributed by atoms with E-state index in [0.29, 0.717) is 24.1 Å². The third-order valence-corrected chi connectivity index (χ3v) is 4.48. The van der Waals surface area contributed by atoms with Crippen LogP contribution in [0.15, 0.2) is 24.3 Å². The first kappa shape index (κ1) is 17.0. The molecule has 0 bridgehead atoms. The molecule has 0 heterocycles. The summed E-state index contributed by atoms with van der Waals surface area (Å²) in [6.07, 6.45) is 3.59. The summed E-state index contributed by atoms with van der Waals surface area (Å²) in [5.41, 5.74) is -0.110. The molecule has 2 amide bonds. The minimum absolute atomic E-state index is 0.187. The number of anilines is 1. The Morgan fingerprint density at radius 3 is 2.13 bits per heavy atom. The standard InChI is InChI=1S/C17H22N2O4/c1-12(20)18-14-8-6-13(7-9-14)15(21)19(2)17(16(22)23)10-4-3-5-11-17/h6-9H,3-5,10-11H2,1-2H3,(H,18,20)(H,22,23). The van der Waals surface area contributed by atoms with Gasteiger partial charge in [-0.1, -0.05) is 19.3 Å². The molecule has 6 nitrogen and oxygen atoms in total. The van der Waals surface area contributed by atoms with E-state index < -0.39 is 11.5 Å². The highest BCUT2D eigenvalue weighted by Crippen LogP contribution is 2.34. The van der Waals surface area contributed by atoms with Crippen LogP contribution in [0.3, 0.4) is 0 Å². The van der Waals surface area contributed by atoms with Crippen molar-refractivity contribution in [3.8, 4) is 0 Å². The molecule has 0 atom stereocenters. The number of carboxylic acids is 1. The lowest BCUT2D eigenvalue weighted by Crippen LogP contribution is -2.56. The number of carbonyl (C=O) groups is 3. The first-order valence-electron chi connectivity index (χ1n) is 7.76. The van der Waals surface area contributed by atoms with Crippen molar-refractivity contribution in [2.24, 2.45) is 0 Å². The predicted octanol–water partition coefficient (Wildman–Crippen LogP) is 2.50. The molecule has 0 unspecified atom stereocenters. The molecule has 1 aromatic rings. The molecule has 0 radical (unpaired) electrons. The van der Waals surface area contributed by atoms with Gasteiger partial charge >= 0.3 is 5.97 Å². The third kappa shape index (κ3) is 3.52. The molecule has 0 aromatic heterocycles. The lowest BCUT2D eigenvalue weighted by atomic mass is 9.80. The average molecular weight is 318 g/mol. The number of hydrogen-bond donors (Lipinski definition) is 2. The first-order chi connectivity index (χ1) is 10.9. The van der Waals surface area contributed by atoms with Gasteiger partial charge in [0.15, 0.2) is 0 Å². The van der Waals surface area contributed by atoms with Crippen molar-refractivity contribution in [2.45, 2.75) is 44.6 Å². The average Bonchev–Trinajstić information content (AvgIpc) is 2.54. The molecule has 124 valence electrons. The van der Waals surface area contributed by atoms with Gasteiger partial charge in [0.2, 0.25) is 5.91 Å². The number of likely N-dealkylation sites (N-methyl/N-ethyl adjacent to an activating group) is 1. The molecule has 0 spiro atoms. The second-order valence-corrected chi connectivity index (χ2v) is 6.02. The van der Waals surface area contributed by atoms with Gasteiger partial charge in [0.05, 0.1) is 0 Å². The molecule has 1 fully saturated rings. The summed E-state index contributed by atoms with van der Waals surface area (Å²) in [5, 5.41) is 12.3. The summed E-state index contributed by atoms with van der Waals surface area (Å²) in [6, 6.07) is 6.47. The third-order valence-electron chi connectivity index (χ3n) is 4.48. The van der Waals surface area contributed by atoms with Crippen LogP contribution in [0.4, 0.5) is 5.69 Å². The fourth-order valence-corrected chi connectivity index (χ4v) is 3.12. The Kier molecular flexibility index (Phi) is 5.03. The summed E-state index contributed by atoms with van der Waals surface area (Å²) in [7, 11) is 1.56. The zero-order valence-corrected chi connectivity index (χ0v) is 13.5. The van der Waals surface area contributed by atoms with Crippen LogP contribution in [0.5, 0.6) is 0 Å². The summed E-state index contributed by atoms with van der Waals surface area (Å²) < 4.78 is 0. The Hall–Kier alpha value is -2.37. The fourth-order valence-electron chi connectivity index (χ4n) is 3.12. The summed E-state index contributed by atoms with van der Waals surface area (Å²) in [4.78, 5) is 36.8. The molecule has 0 saturated heterocycles. The maximum Gasteiger partial charge on any atom is 0.329 e. The number of nitrogens with zero attached hydrogens (tertiary/aromatic N) is 1. The minimum atomic E-state index is -1.12. The molecule has 1 aromatic carbocycles. The number of rotatable bonds is 4. The molecular formula is C17H22N2O4. The highest BCUT2D eigenvalue weighted by Gasteiger charge is 2.45. The number of nitrogens with one attached hydrogen (secondary N) is 1. The quantitative estimate of drug-likeness (QED) is 0.893. The van der Waals surface area contributed by atoms with Crippen LogP contribution in [0.1, 0.15) is 49.4 Å². The Balaban J connectivity index is 2.20. The molecule has 0 aliphatic heterocycles. The van der Waals surface area contributed by atoms with Crippen molar-refractivity contribution in [1.82, 2.24) is 4.90 Å². The van der Waals surface area contributed by atoms with E-state index in [9.17, 15) is 19.5 Å². The van der Waals surface area contributed by atoms with Crippen LogP contribution in [0.25, 0.3) is 0 Å². The number of benzene rings is 1. The van der Waals surface area contributed by atoms with Gasteiger partial charge in [0.25, 0.3) is 5.91 Å². The first-order valence-corrected chi connectivity index (χ1v) is 7.76. The zero-order valence-electron chi connectivity index (χ0n) is 13.5. The van der Waals surface area contributed by atoms with E-state index in [0.717, 1.165) is 19.3 Å². The van der Waals surface area contributed by atoms with E-state index in [-0.39, 0.29) is 11.8 Å². The van der Waals surface area contributed by atoms with E-state index in [1.165, 1.54) is 11.8 Å². The molecule has 1 saturated carbocycles. The van der Waals surface area contributed by atoms with Gasteiger partial charge in [-0.25, -0.2) is 4.79 Å². The predicted molar refractivity (Wildman–Crippen MR) is 86.3 cm³/mol.